The molecule has 0 radical (unpaired) electrons. The maximum absolute atomic E-state index is 5.35. The average Bonchev–Trinajstić information content (AvgIpc) is 2.95. The molecule has 3 rings (SSSR count). The van der Waals surface area contributed by atoms with E-state index in [4.69, 9.17) is 4.52 Å². The second kappa shape index (κ2) is 7.06. The monoisotopic (exact) mass is 304 g/mol. The first kappa shape index (κ1) is 14.6. The van der Waals surface area contributed by atoms with Gasteiger partial charge < -0.3 is 9.84 Å². The van der Waals surface area contributed by atoms with Crippen LogP contribution in [0.4, 0.5) is 0 Å². The number of piperazine rings is 1. The SMILES string of the molecule is Cc1ccccc1SCc1noc(CN2CCNCC2)n1. The fourth-order valence-corrected chi connectivity index (χ4v) is 3.21. The summed E-state index contributed by atoms with van der Waals surface area (Å²) in [6.45, 7) is 7.01. The van der Waals surface area contributed by atoms with Gasteiger partial charge in [-0.15, -0.1) is 11.8 Å². The van der Waals surface area contributed by atoms with E-state index in [0.717, 1.165) is 50.2 Å². The molecule has 1 aliphatic rings. The van der Waals surface area contributed by atoms with Gasteiger partial charge in [-0.05, 0) is 18.6 Å². The summed E-state index contributed by atoms with van der Waals surface area (Å²) in [7, 11) is 0. The average molecular weight is 304 g/mol. The van der Waals surface area contributed by atoms with E-state index in [1.165, 1.54) is 10.5 Å². The zero-order valence-electron chi connectivity index (χ0n) is 12.2. The lowest BCUT2D eigenvalue weighted by Crippen LogP contribution is -2.42. The lowest BCUT2D eigenvalue weighted by Gasteiger charge is -2.25. The standard InChI is InChI=1S/C15H20N4OS/c1-12-4-2-3-5-13(12)21-11-14-17-15(20-18-14)10-19-8-6-16-7-9-19/h2-5,16H,6-11H2,1H3. The first-order chi connectivity index (χ1) is 10.3. The number of thioether (sulfide) groups is 1. The summed E-state index contributed by atoms with van der Waals surface area (Å²) in [6.07, 6.45) is 0. The van der Waals surface area contributed by atoms with E-state index >= 15 is 0 Å². The Hall–Kier alpha value is -1.37. The fraction of sp³-hybridized carbons (Fsp3) is 0.467. The van der Waals surface area contributed by atoms with Gasteiger partial charge in [0.15, 0.2) is 5.82 Å². The smallest absolute Gasteiger partial charge is 0.240 e. The molecule has 2 aromatic rings. The summed E-state index contributed by atoms with van der Waals surface area (Å²) in [6, 6.07) is 8.36. The first-order valence-electron chi connectivity index (χ1n) is 7.24. The van der Waals surface area contributed by atoms with Gasteiger partial charge in [-0.2, -0.15) is 4.98 Å². The summed E-state index contributed by atoms with van der Waals surface area (Å²) in [5.41, 5.74) is 1.28. The summed E-state index contributed by atoms with van der Waals surface area (Å²) in [4.78, 5) is 8.09. The highest BCUT2D eigenvalue weighted by Gasteiger charge is 2.14. The summed E-state index contributed by atoms with van der Waals surface area (Å²) in [5.74, 6) is 2.24. The van der Waals surface area contributed by atoms with Crippen molar-refractivity contribution in [3.8, 4) is 0 Å². The highest BCUT2D eigenvalue weighted by Crippen LogP contribution is 2.24. The second-order valence-electron chi connectivity index (χ2n) is 5.18. The minimum absolute atomic E-state index is 0.720. The van der Waals surface area contributed by atoms with E-state index in [9.17, 15) is 0 Å². The molecule has 0 spiro atoms. The molecule has 0 aliphatic carbocycles. The van der Waals surface area contributed by atoms with Crippen molar-refractivity contribution < 1.29 is 4.52 Å². The van der Waals surface area contributed by atoms with Crippen molar-refractivity contribution >= 4 is 11.8 Å². The van der Waals surface area contributed by atoms with Crippen LogP contribution in [0.5, 0.6) is 0 Å². The number of hydrogen-bond donors (Lipinski definition) is 1. The Morgan fingerprint density at radius 2 is 2.10 bits per heavy atom. The second-order valence-corrected chi connectivity index (χ2v) is 6.20. The molecule has 0 saturated carbocycles. The van der Waals surface area contributed by atoms with Crippen LogP contribution in [-0.2, 0) is 12.3 Å². The third-order valence-electron chi connectivity index (χ3n) is 3.53. The van der Waals surface area contributed by atoms with Crippen LogP contribution >= 0.6 is 11.8 Å². The highest BCUT2D eigenvalue weighted by molar-refractivity contribution is 7.98. The number of benzene rings is 1. The molecule has 0 amide bonds. The Morgan fingerprint density at radius 1 is 1.29 bits per heavy atom. The Balaban J connectivity index is 1.54. The van der Waals surface area contributed by atoms with Gasteiger partial charge in [0, 0.05) is 31.1 Å². The third kappa shape index (κ3) is 4.06. The van der Waals surface area contributed by atoms with Crippen molar-refractivity contribution in [3.05, 3.63) is 41.5 Å². The maximum Gasteiger partial charge on any atom is 0.240 e. The molecule has 0 bridgehead atoms. The minimum atomic E-state index is 0.720. The van der Waals surface area contributed by atoms with E-state index in [0.29, 0.717) is 0 Å². The van der Waals surface area contributed by atoms with Gasteiger partial charge in [-0.1, -0.05) is 23.4 Å². The molecule has 1 aromatic carbocycles. The van der Waals surface area contributed by atoms with Crippen LogP contribution in [0.25, 0.3) is 0 Å². The Bertz CT molecular complexity index is 581. The molecule has 2 heterocycles. The van der Waals surface area contributed by atoms with Crippen LogP contribution < -0.4 is 5.32 Å². The zero-order valence-corrected chi connectivity index (χ0v) is 13.0. The van der Waals surface area contributed by atoms with Crippen LogP contribution in [0.1, 0.15) is 17.3 Å². The topological polar surface area (TPSA) is 54.2 Å². The molecule has 0 atom stereocenters. The number of rotatable bonds is 5. The van der Waals surface area contributed by atoms with Crippen molar-refractivity contribution in [2.45, 2.75) is 24.1 Å². The van der Waals surface area contributed by atoms with Crippen LogP contribution in [0.15, 0.2) is 33.7 Å². The van der Waals surface area contributed by atoms with Crippen molar-refractivity contribution in [2.75, 3.05) is 26.2 Å². The molecule has 0 unspecified atom stereocenters. The molecular weight excluding hydrogens is 284 g/mol. The quantitative estimate of drug-likeness (QED) is 0.854. The molecule has 1 aromatic heterocycles. The lowest BCUT2D eigenvalue weighted by molar-refractivity contribution is 0.203. The molecule has 1 fully saturated rings. The predicted octanol–water partition coefficient (Wildman–Crippen LogP) is 2.08. The van der Waals surface area contributed by atoms with Gasteiger partial charge in [0.2, 0.25) is 5.89 Å². The van der Waals surface area contributed by atoms with E-state index < -0.39 is 0 Å². The largest absolute Gasteiger partial charge is 0.338 e. The number of aryl methyl sites for hydroxylation is 1. The van der Waals surface area contributed by atoms with Crippen molar-refractivity contribution in [3.63, 3.8) is 0 Å². The number of nitrogens with zero attached hydrogens (tertiary/aromatic N) is 3. The summed E-state index contributed by atoms with van der Waals surface area (Å²) < 4.78 is 5.35. The molecule has 112 valence electrons. The van der Waals surface area contributed by atoms with E-state index in [1.54, 1.807) is 11.8 Å². The maximum atomic E-state index is 5.35. The third-order valence-corrected chi connectivity index (χ3v) is 4.70. The fourth-order valence-electron chi connectivity index (χ4n) is 2.33. The van der Waals surface area contributed by atoms with Gasteiger partial charge >= 0.3 is 0 Å². The Morgan fingerprint density at radius 3 is 2.90 bits per heavy atom. The molecule has 1 saturated heterocycles. The van der Waals surface area contributed by atoms with Crippen LogP contribution in [0, 0.1) is 6.92 Å². The highest BCUT2D eigenvalue weighted by atomic mass is 32.2. The number of aromatic nitrogens is 2. The van der Waals surface area contributed by atoms with Gasteiger partial charge in [0.1, 0.15) is 0 Å². The normalized spacial score (nSPS) is 16.2. The van der Waals surface area contributed by atoms with Crippen molar-refractivity contribution in [1.82, 2.24) is 20.4 Å². The zero-order chi connectivity index (χ0) is 14.5. The van der Waals surface area contributed by atoms with E-state index in [-0.39, 0.29) is 0 Å². The van der Waals surface area contributed by atoms with E-state index in [1.807, 2.05) is 0 Å². The Kier molecular flexibility index (Phi) is 4.90. The summed E-state index contributed by atoms with van der Waals surface area (Å²) in [5, 5.41) is 7.41. The molecule has 5 nitrogen and oxygen atoms in total. The van der Waals surface area contributed by atoms with Gasteiger partial charge in [-0.25, -0.2) is 0 Å². The first-order valence-corrected chi connectivity index (χ1v) is 8.23. The minimum Gasteiger partial charge on any atom is -0.338 e. The molecule has 6 heteroatoms. The molecule has 1 aliphatic heterocycles. The Labute approximate surface area is 129 Å². The summed E-state index contributed by atoms with van der Waals surface area (Å²) >= 11 is 1.75. The molecular formula is C15H20N4OS. The number of nitrogens with one attached hydrogen (secondary N) is 1. The van der Waals surface area contributed by atoms with Gasteiger partial charge in [-0.3, -0.25) is 4.90 Å². The number of hydrogen-bond acceptors (Lipinski definition) is 6. The molecule has 21 heavy (non-hydrogen) atoms. The van der Waals surface area contributed by atoms with Crippen molar-refractivity contribution in [1.29, 1.82) is 0 Å². The van der Waals surface area contributed by atoms with Gasteiger partial charge in [0.25, 0.3) is 0 Å². The van der Waals surface area contributed by atoms with Crippen LogP contribution in [-0.4, -0.2) is 41.2 Å². The van der Waals surface area contributed by atoms with Crippen LogP contribution in [0.3, 0.4) is 0 Å². The van der Waals surface area contributed by atoms with Crippen molar-refractivity contribution in [2.24, 2.45) is 0 Å². The molecule has 1 N–H and O–H groups in total. The predicted molar refractivity (Wildman–Crippen MR) is 83.2 cm³/mol. The van der Waals surface area contributed by atoms with Gasteiger partial charge in [0.05, 0.1) is 12.3 Å². The van der Waals surface area contributed by atoms with Crippen LogP contribution in [0.2, 0.25) is 0 Å². The van der Waals surface area contributed by atoms with E-state index in [2.05, 4.69) is 51.5 Å². The lowest BCUT2D eigenvalue weighted by atomic mass is 10.2.